The van der Waals surface area contributed by atoms with Gasteiger partial charge in [-0.2, -0.15) is 30.7 Å². The fraction of sp³-hybridized carbons (Fsp3) is 0.270. The van der Waals surface area contributed by atoms with Crippen LogP contribution in [0.3, 0.4) is 0 Å². The number of carboxylic acids is 1. The molecule has 0 saturated heterocycles. The van der Waals surface area contributed by atoms with Gasteiger partial charge in [-0.05, 0) is 68.8 Å². The number of urea groups is 1. The number of amides is 3. The summed E-state index contributed by atoms with van der Waals surface area (Å²) in [5.74, 6) is -4.34. The minimum Gasteiger partial charge on any atom is -0.542 e. The number of anilines is 1. The van der Waals surface area contributed by atoms with Crippen molar-refractivity contribution < 1.29 is 64.9 Å². The number of halogens is 6. The number of nitrogens with zero attached hydrogens (tertiary/aromatic N) is 3. The molecule has 0 unspecified atom stereocenters. The number of aromatic nitrogens is 2. The summed E-state index contributed by atoms with van der Waals surface area (Å²) < 4.78 is 82.2. The second kappa shape index (κ2) is 17.6. The highest BCUT2D eigenvalue weighted by Gasteiger charge is 2.36. The molecule has 0 radical (unpaired) electrons. The maximum atomic E-state index is 14.0. The Hall–Kier alpha value is -6.11. The van der Waals surface area contributed by atoms with Gasteiger partial charge in [0.15, 0.2) is 5.69 Å². The molecular formula is C37H35F6N5O7S. The molecule has 5 rings (SSSR count). The van der Waals surface area contributed by atoms with Crippen LogP contribution in [0.5, 0.6) is 5.75 Å². The number of ether oxygens (including phenoxy) is 1. The van der Waals surface area contributed by atoms with Crippen LogP contribution < -0.4 is 20.6 Å². The Morgan fingerprint density at radius 3 is 2.12 bits per heavy atom. The molecule has 1 atom stereocenters. The molecule has 0 fully saturated rings. The monoisotopic (exact) mass is 807 g/mol. The Bertz CT molecular complexity index is 2180. The van der Waals surface area contributed by atoms with Crippen molar-refractivity contribution in [3.63, 3.8) is 0 Å². The number of hydrogen-bond donors (Lipinski definition) is 3. The number of aryl methyl sites for hydroxylation is 1. The smallest absolute Gasteiger partial charge is 0.430 e. The predicted octanol–water partition coefficient (Wildman–Crippen LogP) is 5.36. The molecule has 298 valence electrons. The second-order valence-corrected chi connectivity index (χ2v) is 13.8. The van der Waals surface area contributed by atoms with Gasteiger partial charge in [-0.15, -0.1) is 0 Å². The third kappa shape index (κ3) is 11.2. The SMILES string of the molecule is Cc1c[n+]2cc(CN(C(=O)Nc3ccc(C(=O)OC(C)C)cc3)[C@@H](Cc3ccc(O)cc3)C(N)=O)n(Cc3ccccc3C(F)(F)F)c2s1.O=C([O-])C(F)(F)F. The maximum Gasteiger partial charge on any atom is 0.430 e. The summed E-state index contributed by atoms with van der Waals surface area (Å²) in [6, 6.07) is 15.5. The number of carbonyl (C=O) groups is 4. The van der Waals surface area contributed by atoms with E-state index >= 15 is 0 Å². The number of imidazole rings is 1. The lowest BCUT2D eigenvalue weighted by atomic mass is 10.0. The molecular weight excluding hydrogens is 772 g/mol. The van der Waals surface area contributed by atoms with Crippen molar-refractivity contribution in [1.29, 1.82) is 0 Å². The summed E-state index contributed by atoms with van der Waals surface area (Å²) in [7, 11) is 0. The zero-order valence-electron chi connectivity index (χ0n) is 29.9. The largest absolute Gasteiger partial charge is 0.542 e. The molecule has 12 nitrogen and oxygen atoms in total. The number of benzene rings is 3. The molecule has 5 aromatic rings. The van der Waals surface area contributed by atoms with E-state index in [-0.39, 0.29) is 42.5 Å². The maximum absolute atomic E-state index is 14.0. The van der Waals surface area contributed by atoms with E-state index in [9.17, 15) is 45.8 Å². The molecule has 0 aliphatic heterocycles. The van der Waals surface area contributed by atoms with Gasteiger partial charge >= 0.3 is 29.3 Å². The number of carbonyl (C=O) groups excluding carboxylic acids is 4. The number of thiazole rings is 1. The van der Waals surface area contributed by atoms with Crippen molar-refractivity contribution >= 4 is 45.9 Å². The summed E-state index contributed by atoms with van der Waals surface area (Å²) in [6.07, 6.45) is -6.58. The molecule has 56 heavy (non-hydrogen) atoms. The molecule has 2 aromatic heterocycles. The van der Waals surface area contributed by atoms with E-state index in [1.54, 1.807) is 41.1 Å². The molecule has 3 aromatic carbocycles. The first-order valence-electron chi connectivity index (χ1n) is 16.5. The van der Waals surface area contributed by atoms with Crippen molar-refractivity contribution in [1.82, 2.24) is 9.47 Å². The van der Waals surface area contributed by atoms with Gasteiger partial charge in [0, 0.05) is 22.5 Å². The number of aliphatic carboxylic acids is 1. The number of rotatable bonds is 11. The molecule has 0 spiro atoms. The summed E-state index contributed by atoms with van der Waals surface area (Å²) in [5, 5.41) is 21.3. The normalized spacial score (nSPS) is 12.1. The Morgan fingerprint density at radius 2 is 1.57 bits per heavy atom. The van der Waals surface area contributed by atoms with E-state index in [1.807, 2.05) is 13.1 Å². The number of nitrogens with one attached hydrogen (secondary N) is 1. The molecule has 4 N–H and O–H groups in total. The van der Waals surface area contributed by atoms with E-state index in [0.717, 1.165) is 10.9 Å². The van der Waals surface area contributed by atoms with Gasteiger partial charge in [-0.3, -0.25) is 4.79 Å². The van der Waals surface area contributed by atoms with Crippen LogP contribution in [0, 0.1) is 6.92 Å². The Kier molecular flexibility index (Phi) is 13.4. The summed E-state index contributed by atoms with van der Waals surface area (Å²) in [5.41, 5.74) is 6.79. The van der Waals surface area contributed by atoms with Gasteiger partial charge in [0.2, 0.25) is 5.91 Å². The Morgan fingerprint density at radius 1 is 0.964 bits per heavy atom. The minimum atomic E-state index is -5.19. The topological polar surface area (TPSA) is 171 Å². The predicted molar refractivity (Wildman–Crippen MR) is 188 cm³/mol. The second-order valence-electron chi connectivity index (χ2n) is 12.6. The zero-order valence-corrected chi connectivity index (χ0v) is 30.7. The minimum absolute atomic E-state index is 0.0127. The average Bonchev–Trinajstić information content (AvgIpc) is 3.62. The highest BCUT2D eigenvalue weighted by atomic mass is 32.1. The van der Waals surface area contributed by atoms with Crippen LogP contribution in [0.15, 0.2) is 85.2 Å². The molecule has 19 heteroatoms. The number of hydrogen-bond acceptors (Lipinski definition) is 8. The molecule has 0 aliphatic carbocycles. The number of primary amides is 1. The van der Waals surface area contributed by atoms with Gasteiger partial charge in [-0.1, -0.05) is 41.7 Å². The van der Waals surface area contributed by atoms with E-state index < -0.39 is 47.8 Å². The zero-order chi connectivity index (χ0) is 41.5. The van der Waals surface area contributed by atoms with Crippen LogP contribution in [0.2, 0.25) is 0 Å². The van der Waals surface area contributed by atoms with Crippen LogP contribution in [0.25, 0.3) is 4.96 Å². The van der Waals surface area contributed by atoms with Crippen molar-refractivity contribution in [2.45, 2.75) is 64.8 Å². The Balaban J connectivity index is 0.000000908. The van der Waals surface area contributed by atoms with Crippen molar-refractivity contribution in [2.75, 3.05) is 5.32 Å². The quantitative estimate of drug-likeness (QED) is 0.0916. The van der Waals surface area contributed by atoms with Crippen LogP contribution in [-0.4, -0.2) is 56.8 Å². The first-order valence-corrected chi connectivity index (χ1v) is 17.3. The Labute approximate surface area is 319 Å². The first kappa shape index (κ1) is 42.6. The lowest BCUT2D eigenvalue weighted by molar-refractivity contribution is -0.506. The van der Waals surface area contributed by atoms with Crippen LogP contribution in [-0.2, 0) is 40.0 Å². The van der Waals surface area contributed by atoms with Crippen molar-refractivity contribution in [3.8, 4) is 5.75 Å². The summed E-state index contributed by atoms with van der Waals surface area (Å²) >= 11 is 1.37. The highest BCUT2D eigenvalue weighted by molar-refractivity contribution is 7.16. The van der Waals surface area contributed by atoms with Crippen molar-refractivity contribution in [2.24, 2.45) is 5.73 Å². The number of aromatic hydroxyl groups is 1. The third-order valence-corrected chi connectivity index (χ3v) is 8.96. The summed E-state index contributed by atoms with van der Waals surface area (Å²) in [6.45, 7) is 4.95. The fourth-order valence-electron chi connectivity index (χ4n) is 5.40. The van der Waals surface area contributed by atoms with Gasteiger partial charge in [0.05, 0.1) is 23.8 Å². The lowest BCUT2D eigenvalue weighted by Gasteiger charge is -2.29. The number of phenols is 1. The molecule has 0 aliphatic rings. The highest BCUT2D eigenvalue weighted by Crippen LogP contribution is 2.33. The van der Waals surface area contributed by atoms with Gasteiger partial charge < -0.3 is 35.7 Å². The number of phenolic OH excluding ortho intramolecular Hbond substituents is 1. The summed E-state index contributed by atoms with van der Waals surface area (Å²) in [4.78, 5) is 51.0. The fourth-order valence-corrected chi connectivity index (χ4v) is 6.36. The van der Waals surface area contributed by atoms with Crippen LogP contribution in [0.1, 0.15) is 51.5 Å². The standard InChI is InChI=1S/C35H34F3N5O5S.C2HF3O2/c1-21(2)48-32(46)24-10-12-26(13-11-24)40-33(47)43(30(31(39)45)16-23-8-14-28(44)15-9-23)20-27-19-41-17-22(3)49-34(41)42(27)18-25-6-4-5-7-29(25)35(36,37)38;3-2(4,5)1(6)7/h4-15,17,19,21,30H,16,18,20H2,1-3H3,(H3-,39,40,44,45,46,47);(H,6,7)/t30-;/m0./s1. The van der Waals surface area contributed by atoms with E-state index in [0.29, 0.717) is 21.9 Å². The third-order valence-electron chi connectivity index (χ3n) is 7.92. The van der Waals surface area contributed by atoms with E-state index in [2.05, 4.69) is 5.32 Å². The van der Waals surface area contributed by atoms with E-state index in [4.69, 9.17) is 20.4 Å². The van der Waals surface area contributed by atoms with Crippen LogP contribution in [0.4, 0.5) is 36.8 Å². The number of esters is 1. The first-order chi connectivity index (χ1) is 26.1. The van der Waals surface area contributed by atoms with Gasteiger partial charge in [0.25, 0.3) is 0 Å². The molecule has 3 amide bonds. The number of carboxylic acid groups (broad SMARTS) is 1. The van der Waals surface area contributed by atoms with Gasteiger partial charge in [0.1, 0.15) is 36.7 Å². The molecule has 0 saturated carbocycles. The van der Waals surface area contributed by atoms with Crippen LogP contribution >= 0.6 is 11.3 Å². The number of fused-ring (bicyclic) bond motifs is 1. The van der Waals surface area contributed by atoms with E-state index in [1.165, 1.54) is 70.8 Å². The van der Waals surface area contributed by atoms with Crippen molar-refractivity contribution in [3.05, 3.63) is 118 Å². The molecule has 0 bridgehead atoms. The average molecular weight is 808 g/mol. The number of alkyl halides is 6. The van der Waals surface area contributed by atoms with Gasteiger partial charge in [-0.25, -0.2) is 14.2 Å². The molecule has 2 heterocycles. The number of nitrogens with two attached hydrogens (primary N) is 1. The lowest BCUT2D eigenvalue weighted by Crippen LogP contribution is -2.50.